The Kier molecular flexibility index (Phi) is 5.94. The Hall–Kier alpha value is -1.76. The fraction of sp³-hybridized carbons (Fsp3) is 0.318. The molecule has 1 aromatic carbocycles. The van der Waals surface area contributed by atoms with Gasteiger partial charge in [0.1, 0.15) is 5.82 Å². The standard InChI is InChI=1S/C22H26BrFN2OSi/c1-15-20(23)19(21(26-15)16-6-8-18(24)9-7-16)14-27-22(2,28(3,4)5)17-10-12-25-13-11-17/h6-13,26H,14H2,1-5H3. The molecule has 2 aromatic heterocycles. The molecule has 6 heteroatoms. The predicted molar refractivity (Wildman–Crippen MR) is 118 cm³/mol. The van der Waals surface area contributed by atoms with Gasteiger partial charge in [0.2, 0.25) is 0 Å². The molecule has 3 aromatic rings. The lowest BCUT2D eigenvalue weighted by Gasteiger charge is -2.41. The van der Waals surface area contributed by atoms with Crippen molar-refractivity contribution >= 4 is 24.0 Å². The van der Waals surface area contributed by atoms with Gasteiger partial charge >= 0.3 is 0 Å². The average Bonchev–Trinajstić information content (AvgIpc) is 2.94. The SMILES string of the molecule is Cc1[nH]c(-c2ccc(F)cc2)c(COC(C)(c2ccncc2)[Si](C)(C)C)c1Br. The summed E-state index contributed by atoms with van der Waals surface area (Å²) < 4.78 is 21.0. The molecule has 0 saturated heterocycles. The number of pyridine rings is 1. The molecule has 3 nitrogen and oxygen atoms in total. The van der Waals surface area contributed by atoms with Gasteiger partial charge in [-0.3, -0.25) is 4.98 Å². The summed E-state index contributed by atoms with van der Waals surface area (Å²) in [4.78, 5) is 7.57. The molecule has 1 unspecified atom stereocenters. The van der Waals surface area contributed by atoms with Crippen LogP contribution >= 0.6 is 15.9 Å². The van der Waals surface area contributed by atoms with Gasteiger partial charge in [0.15, 0.2) is 0 Å². The van der Waals surface area contributed by atoms with Crippen LogP contribution in [-0.4, -0.2) is 18.0 Å². The first-order valence-electron chi connectivity index (χ1n) is 9.31. The normalized spacial score (nSPS) is 14.1. The van der Waals surface area contributed by atoms with Crippen molar-refractivity contribution in [2.75, 3.05) is 0 Å². The van der Waals surface area contributed by atoms with Gasteiger partial charge in [0, 0.05) is 28.1 Å². The van der Waals surface area contributed by atoms with Gasteiger partial charge in [-0.25, -0.2) is 4.39 Å². The summed E-state index contributed by atoms with van der Waals surface area (Å²) >= 11 is 3.70. The van der Waals surface area contributed by atoms with E-state index < -0.39 is 8.07 Å². The second-order valence-corrected chi connectivity index (χ2v) is 14.5. The van der Waals surface area contributed by atoms with Crippen LogP contribution in [0.5, 0.6) is 0 Å². The van der Waals surface area contributed by atoms with Crippen molar-refractivity contribution in [3.63, 3.8) is 0 Å². The maximum Gasteiger partial charge on any atom is 0.123 e. The van der Waals surface area contributed by atoms with Crippen LogP contribution in [0.1, 0.15) is 23.7 Å². The van der Waals surface area contributed by atoms with Crippen LogP contribution in [0.15, 0.2) is 53.3 Å². The third kappa shape index (κ3) is 3.99. The van der Waals surface area contributed by atoms with Crippen LogP contribution in [0.2, 0.25) is 19.6 Å². The Morgan fingerprint density at radius 1 is 1.11 bits per heavy atom. The van der Waals surface area contributed by atoms with Gasteiger partial charge in [0.05, 0.1) is 25.6 Å². The fourth-order valence-corrected chi connectivity index (χ4v) is 5.22. The number of halogens is 2. The van der Waals surface area contributed by atoms with Crippen LogP contribution in [0.4, 0.5) is 4.39 Å². The van der Waals surface area contributed by atoms with E-state index in [4.69, 9.17) is 4.74 Å². The highest BCUT2D eigenvalue weighted by Crippen LogP contribution is 2.39. The molecular formula is C22H26BrFN2OSi. The molecule has 0 fully saturated rings. The van der Waals surface area contributed by atoms with Crippen molar-refractivity contribution < 1.29 is 9.13 Å². The van der Waals surface area contributed by atoms with Gasteiger partial charge in [-0.2, -0.15) is 0 Å². The number of ether oxygens (including phenoxy) is 1. The van der Waals surface area contributed by atoms with Crippen molar-refractivity contribution in [2.45, 2.75) is 45.3 Å². The van der Waals surface area contributed by atoms with Gasteiger partial charge in [-0.15, -0.1) is 0 Å². The largest absolute Gasteiger partial charge is 0.369 e. The monoisotopic (exact) mass is 460 g/mol. The number of nitrogens with zero attached hydrogens (tertiary/aromatic N) is 1. The van der Waals surface area contributed by atoms with Crippen LogP contribution in [-0.2, 0) is 16.6 Å². The average molecular weight is 461 g/mol. The van der Waals surface area contributed by atoms with E-state index in [0.29, 0.717) is 6.61 Å². The highest BCUT2D eigenvalue weighted by atomic mass is 79.9. The zero-order valence-electron chi connectivity index (χ0n) is 16.9. The number of nitrogens with one attached hydrogen (secondary N) is 1. The first kappa shape index (κ1) is 21.0. The highest BCUT2D eigenvalue weighted by Gasteiger charge is 2.42. The maximum atomic E-state index is 13.4. The molecule has 28 heavy (non-hydrogen) atoms. The third-order valence-corrected chi connectivity index (χ3v) is 9.88. The lowest BCUT2D eigenvalue weighted by Crippen LogP contribution is -2.49. The summed E-state index contributed by atoms with van der Waals surface area (Å²) in [5.41, 5.74) is 5.11. The molecule has 0 aliphatic rings. The molecule has 1 atom stereocenters. The molecule has 2 heterocycles. The van der Waals surface area contributed by atoms with Crippen molar-refractivity contribution in [1.29, 1.82) is 0 Å². The fourth-order valence-electron chi connectivity index (χ4n) is 3.27. The molecule has 0 bridgehead atoms. The molecule has 0 aliphatic carbocycles. The molecule has 3 rings (SSSR count). The summed E-state index contributed by atoms with van der Waals surface area (Å²) in [5, 5.41) is -0.374. The van der Waals surface area contributed by atoms with E-state index in [1.807, 2.05) is 31.5 Å². The Balaban J connectivity index is 1.98. The van der Waals surface area contributed by atoms with Gasteiger partial charge in [-0.1, -0.05) is 19.6 Å². The summed E-state index contributed by atoms with van der Waals surface area (Å²) in [6, 6.07) is 10.6. The molecule has 1 N–H and O–H groups in total. The maximum absolute atomic E-state index is 13.4. The molecule has 0 radical (unpaired) electrons. The van der Waals surface area contributed by atoms with E-state index in [-0.39, 0.29) is 11.0 Å². The van der Waals surface area contributed by atoms with Gasteiger partial charge in [-0.05, 0) is 77.3 Å². The van der Waals surface area contributed by atoms with Crippen LogP contribution in [0, 0.1) is 12.7 Å². The number of hydrogen-bond donors (Lipinski definition) is 1. The minimum absolute atomic E-state index is 0.243. The van der Waals surface area contributed by atoms with Crippen LogP contribution in [0.3, 0.4) is 0 Å². The van der Waals surface area contributed by atoms with Crippen molar-refractivity contribution in [3.05, 3.63) is 75.9 Å². The Labute approximate surface area is 175 Å². The summed E-state index contributed by atoms with van der Waals surface area (Å²) in [7, 11) is -1.75. The lowest BCUT2D eigenvalue weighted by molar-refractivity contribution is 0.00753. The van der Waals surface area contributed by atoms with E-state index in [9.17, 15) is 4.39 Å². The Bertz CT molecular complexity index is 951. The van der Waals surface area contributed by atoms with E-state index in [0.717, 1.165) is 32.6 Å². The Morgan fingerprint density at radius 3 is 2.29 bits per heavy atom. The number of aryl methyl sites for hydroxylation is 1. The van der Waals surface area contributed by atoms with Crippen molar-refractivity contribution in [3.8, 4) is 11.3 Å². The molecule has 0 amide bonds. The second-order valence-electron chi connectivity index (χ2n) is 8.23. The van der Waals surface area contributed by atoms with Crippen molar-refractivity contribution in [1.82, 2.24) is 9.97 Å². The van der Waals surface area contributed by atoms with E-state index in [2.05, 4.69) is 52.5 Å². The zero-order valence-corrected chi connectivity index (χ0v) is 19.5. The Morgan fingerprint density at radius 2 is 1.71 bits per heavy atom. The van der Waals surface area contributed by atoms with Gasteiger partial charge in [0.25, 0.3) is 0 Å². The van der Waals surface area contributed by atoms with Crippen molar-refractivity contribution in [2.24, 2.45) is 0 Å². The summed E-state index contributed by atoms with van der Waals surface area (Å²) in [6.07, 6.45) is 3.63. The van der Waals surface area contributed by atoms with Crippen LogP contribution in [0.25, 0.3) is 11.3 Å². The molecule has 0 aliphatic heterocycles. The topological polar surface area (TPSA) is 37.9 Å². The molecule has 0 saturated carbocycles. The third-order valence-electron chi connectivity index (χ3n) is 5.51. The lowest BCUT2D eigenvalue weighted by atomic mass is 10.1. The molecule has 0 spiro atoms. The number of aromatic nitrogens is 2. The minimum Gasteiger partial charge on any atom is -0.369 e. The quantitative estimate of drug-likeness (QED) is 0.420. The summed E-state index contributed by atoms with van der Waals surface area (Å²) in [6.45, 7) is 11.6. The molecule has 148 valence electrons. The number of hydrogen-bond acceptors (Lipinski definition) is 2. The van der Waals surface area contributed by atoms with Gasteiger partial charge < -0.3 is 9.72 Å². The smallest absolute Gasteiger partial charge is 0.123 e. The number of rotatable bonds is 6. The predicted octanol–water partition coefficient (Wildman–Crippen LogP) is 6.60. The first-order valence-corrected chi connectivity index (χ1v) is 13.6. The minimum atomic E-state index is -1.75. The first-order chi connectivity index (χ1) is 13.1. The zero-order chi connectivity index (χ0) is 20.5. The number of aromatic amines is 1. The van der Waals surface area contributed by atoms with E-state index in [1.54, 1.807) is 12.1 Å². The second kappa shape index (κ2) is 7.93. The highest BCUT2D eigenvalue weighted by molar-refractivity contribution is 9.10. The number of H-pyrrole nitrogens is 1. The van der Waals surface area contributed by atoms with E-state index >= 15 is 0 Å². The van der Waals surface area contributed by atoms with Crippen LogP contribution < -0.4 is 0 Å². The number of benzene rings is 1. The summed E-state index contributed by atoms with van der Waals surface area (Å²) in [5.74, 6) is -0.243. The van der Waals surface area contributed by atoms with E-state index in [1.165, 1.54) is 12.1 Å². The molecular weight excluding hydrogens is 435 g/mol.